The SMILES string of the molecule is CCCNC(C#N)CN1CC(OC)C(OC)C1. The van der Waals surface area contributed by atoms with Crippen LogP contribution in [-0.2, 0) is 9.47 Å². The number of nitrogens with zero attached hydrogens (tertiary/aromatic N) is 2. The van der Waals surface area contributed by atoms with Crippen molar-refractivity contribution in [1.82, 2.24) is 10.2 Å². The van der Waals surface area contributed by atoms with Gasteiger partial charge in [0.05, 0.1) is 18.3 Å². The van der Waals surface area contributed by atoms with Gasteiger partial charge in [0.2, 0.25) is 0 Å². The van der Waals surface area contributed by atoms with E-state index in [1.54, 1.807) is 14.2 Å². The zero-order valence-electron chi connectivity index (χ0n) is 11.0. The summed E-state index contributed by atoms with van der Waals surface area (Å²) in [5.41, 5.74) is 0. The molecule has 0 saturated carbocycles. The van der Waals surface area contributed by atoms with Crippen molar-refractivity contribution in [2.75, 3.05) is 40.4 Å². The van der Waals surface area contributed by atoms with Crippen molar-refractivity contribution in [3.8, 4) is 6.07 Å². The van der Waals surface area contributed by atoms with E-state index in [1.165, 1.54) is 0 Å². The second-order valence-corrected chi connectivity index (χ2v) is 4.40. The molecule has 0 spiro atoms. The zero-order chi connectivity index (χ0) is 12.7. The molecule has 3 atom stereocenters. The number of likely N-dealkylation sites (tertiary alicyclic amines) is 1. The van der Waals surface area contributed by atoms with Gasteiger partial charge < -0.3 is 14.8 Å². The molecule has 3 unspecified atom stereocenters. The molecule has 5 nitrogen and oxygen atoms in total. The summed E-state index contributed by atoms with van der Waals surface area (Å²) < 4.78 is 10.7. The number of ether oxygens (including phenoxy) is 2. The third-order valence-electron chi connectivity index (χ3n) is 3.13. The highest BCUT2D eigenvalue weighted by molar-refractivity contribution is 4.95. The van der Waals surface area contributed by atoms with Gasteiger partial charge in [-0.2, -0.15) is 5.26 Å². The summed E-state index contributed by atoms with van der Waals surface area (Å²) in [4.78, 5) is 2.22. The summed E-state index contributed by atoms with van der Waals surface area (Å²) in [5.74, 6) is 0. The van der Waals surface area contributed by atoms with Crippen LogP contribution in [0.15, 0.2) is 0 Å². The van der Waals surface area contributed by atoms with Gasteiger partial charge >= 0.3 is 0 Å². The second-order valence-electron chi connectivity index (χ2n) is 4.40. The van der Waals surface area contributed by atoms with Crippen LogP contribution in [0.25, 0.3) is 0 Å². The Hall–Kier alpha value is -0.670. The topological polar surface area (TPSA) is 57.5 Å². The Balaban J connectivity index is 2.39. The number of hydrogen-bond acceptors (Lipinski definition) is 5. The van der Waals surface area contributed by atoms with Crippen LogP contribution in [0.5, 0.6) is 0 Å². The van der Waals surface area contributed by atoms with Crippen LogP contribution in [0.1, 0.15) is 13.3 Å². The summed E-state index contributed by atoms with van der Waals surface area (Å²) in [5, 5.41) is 12.3. The summed E-state index contributed by atoms with van der Waals surface area (Å²) >= 11 is 0. The summed E-state index contributed by atoms with van der Waals surface area (Å²) in [7, 11) is 3.41. The molecule has 0 bridgehead atoms. The molecule has 1 N–H and O–H groups in total. The standard InChI is InChI=1S/C12H23N3O2/c1-4-5-14-10(6-13)7-15-8-11(16-2)12(9-15)17-3/h10-12,14H,4-5,7-9H2,1-3H3. The first-order valence-corrected chi connectivity index (χ1v) is 6.16. The monoisotopic (exact) mass is 241 g/mol. The summed E-state index contributed by atoms with van der Waals surface area (Å²) in [6.45, 7) is 5.38. The van der Waals surface area contributed by atoms with E-state index in [0.717, 1.165) is 32.6 Å². The maximum Gasteiger partial charge on any atom is 0.108 e. The lowest BCUT2D eigenvalue weighted by Gasteiger charge is -2.19. The lowest BCUT2D eigenvalue weighted by molar-refractivity contribution is -0.00461. The molecule has 0 aromatic carbocycles. The fraction of sp³-hybridized carbons (Fsp3) is 0.917. The summed E-state index contributed by atoms with van der Waals surface area (Å²) in [6.07, 6.45) is 1.27. The number of hydrogen-bond donors (Lipinski definition) is 1. The third kappa shape index (κ3) is 4.25. The highest BCUT2D eigenvalue weighted by Gasteiger charge is 2.33. The van der Waals surface area contributed by atoms with Crippen molar-refractivity contribution < 1.29 is 9.47 Å². The molecular formula is C12H23N3O2. The number of nitrogens with one attached hydrogen (secondary N) is 1. The van der Waals surface area contributed by atoms with Crippen molar-refractivity contribution in [1.29, 1.82) is 5.26 Å². The van der Waals surface area contributed by atoms with Gasteiger partial charge in [-0.05, 0) is 13.0 Å². The molecule has 1 aliphatic heterocycles. The van der Waals surface area contributed by atoms with E-state index in [4.69, 9.17) is 14.7 Å². The van der Waals surface area contributed by atoms with Crippen LogP contribution >= 0.6 is 0 Å². The van der Waals surface area contributed by atoms with Crippen molar-refractivity contribution in [3.63, 3.8) is 0 Å². The molecular weight excluding hydrogens is 218 g/mol. The second kappa shape index (κ2) is 7.62. The first kappa shape index (κ1) is 14.4. The van der Waals surface area contributed by atoms with Gasteiger partial charge in [-0.15, -0.1) is 0 Å². The predicted molar refractivity (Wildman–Crippen MR) is 65.7 cm³/mol. The van der Waals surface area contributed by atoms with Gasteiger partial charge in [-0.3, -0.25) is 4.90 Å². The lowest BCUT2D eigenvalue weighted by atomic mass is 10.3. The quantitative estimate of drug-likeness (QED) is 0.691. The van der Waals surface area contributed by atoms with Gasteiger partial charge in [0.15, 0.2) is 0 Å². The van der Waals surface area contributed by atoms with E-state index in [2.05, 4.69) is 23.2 Å². The average Bonchev–Trinajstić information content (AvgIpc) is 2.76. The highest BCUT2D eigenvalue weighted by atomic mass is 16.5. The van der Waals surface area contributed by atoms with Crippen LogP contribution < -0.4 is 5.32 Å². The lowest BCUT2D eigenvalue weighted by Crippen LogP contribution is -2.40. The minimum atomic E-state index is -0.108. The Morgan fingerprint density at radius 1 is 1.35 bits per heavy atom. The normalized spacial score (nSPS) is 26.9. The molecule has 0 amide bonds. The van der Waals surface area contributed by atoms with Gasteiger partial charge in [0.25, 0.3) is 0 Å². The molecule has 5 heteroatoms. The number of nitriles is 1. The fourth-order valence-electron chi connectivity index (χ4n) is 2.15. The van der Waals surface area contributed by atoms with Crippen molar-refractivity contribution >= 4 is 0 Å². The molecule has 0 aromatic heterocycles. The smallest absolute Gasteiger partial charge is 0.108 e. The molecule has 0 aromatic rings. The molecule has 98 valence electrons. The largest absolute Gasteiger partial charge is 0.377 e. The molecule has 0 radical (unpaired) electrons. The van der Waals surface area contributed by atoms with Crippen molar-refractivity contribution in [2.24, 2.45) is 0 Å². The van der Waals surface area contributed by atoms with Gasteiger partial charge in [0.1, 0.15) is 6.04 Å². The maximum absolute atomic E-state index is 9.06. The number of methoxy groups -OCH3 is 2. The van der Waals surface area contributed by atoms with Crippen LogP contribution in [0.3, 0.4) is 0 Å². The van der Waals surface area contributed by atoms with Crippen LogP contribution in [0, 0.1) is 11.3 Å². The van der Waals surface area contributed by atoms with Crippen LogP contribution in [0.4, 0.5) is 0 Å². The van der Waals surface area contributed by atoms with Gasteiger partial charge in [0, 0.05) is 33.9 Å². The molecule has 1 fully saturated rings. The Morgan fingerprint density at radius 2 is 1.94 bits per heavy atom. The molecule has 1 saturated heterocycles. The third-order valence-corrected chi connectivity index (χ3v) is 3.13. The molecule has 0 aliphatic carbocycles. The Kier molecular flexibility index (Phi) is 6.45. The predicted octanol–water partition coefficient (Wildman–Crippen LogP) is 0.224. The van der Waals surface area contributed by atoms with Crippen LogP contribution in [-0.4, -0.2) is 63.5 Å². The van der Waals surface area contributed by atoms with Crippen LogP contribution in [0.2, 0.25) is 0 Å². The van der Waals surface area contributed by atoms with E-state index in [9.17, 15) is 0 Å². The zero-order valence-corrected chi connectivity index (χ0v) is 11.0. The minimum Gasteiger partial charge on any atom is -0.377 e. The molecule has 1 aliphatic rings. The average molecular weight is 241 g/mol. The van der Waals surface area contributed by atoms with E-state index < -0.39 is 0 Å². The molecule has 1 rings (SSSR count). The minimum absolute atomic E-state index is 0.108. The first-order chi connectivity index (χ1) is 8.24. The van der Waals surface area contributed by atoms with E-state index in [1.807, 2.05) is 0 Å². The van der Waals surface area contributed by atoms with E-state index >= 15 is 0 Å². The highest BCUT2D eigenvalue weighted by Crippen LogP contribution is 2.15. The van der Waals surface area contributed by atoms with E-state index in [0.29, 0.717) is 0 Å². The fourth-order valence-corrected chi connectivity index (χ4v) is 2.15. The maximum atomic E-state index is 9.06. The Morgan fingerprint density at radius 3 is 2.35 bits per heavy atom. The Bertz CT molecular complexity index is 243. The summed E-state index contributed by atoms with van der Waals surface area (Å²) in [6, 6.07) is 2.19. The number of rotatable bonds is 7. The molecule has 17 heavy (non-hydrogen) atoms. The van der Waals surface area contributed by atoms with Crippen molar-refractivity contribution in [3.05, 3.63) is 0 Å². The van der Waals surface area contributed by atoms with Gasteiger partial charge in [-0.25, -0.2) is 0 Å². The molecule has 1 heterocycles. The first-order valence-electron chi connectivity index (χ1n) is 6.16. The van der Waals surface area contributed by atoms with E-state index in [-0.39, 0.29) is 18.2 Å². The van der Waals surface area contributed by atoms with Gasteiger partial charge in [-0.1, -0.05) is 6.92 Å². The Labute approximate surface area is 104 Å². The van der Waals surface area contributed by atoms with Crippen molar-refractivity contribution in [2.45, 2.75) is 31.6 Å².